The van der Waals surface area contributed by atoms with Crippen LogP contribution in [0.3, 0.4) is 0 Å². The fourth-order valence-electron chi connectivity index (χ4n) is 2.11. The Labute approximate surface area is 126 Å². The molecule has 0 bridgehead atoms. The van der Waals surface area contributed by atoms with Crippen LogP contribution < -0.4 is 11.1 Å². The van der Waals surface area contributed by atoms with E-state index < -0.39 is 0 Å². The van der Waals surface area contributed by atoms with Crippen molar-refractivity contribution in [2.45, 2.75) is 6.92 Å². The minimum Gasteiger partial charge on any atom is -0.451 e. The molecule has 3 N–H and O–H groups in total. The highest BCUT2D eigenvalue weighted by Gasteiger charge is 2.13. The van der Waals surface area contributed by atoms with E-state index in [1.807, 2.05) is 25.1 Å². The van der Waals surface area contributed by atoms with Crippen molar-refractivity contribution in [2.75, 3.05) is 11.1 Å². The molecule has 4 nitrogen and oxygen atoms in total. The molecule has 0 saturated carbocycles. The van der Waals surface area contributed by atoms with Gasteiger partial charge in [0.15, 0.2) is 5.76 Å². The van der Waals surface area contributed by atoms with Crippen LogP contribution >= 0.6 is 11.6 Å². The second-order valence-electron chi connectivity index (χ2n) is 4.84. The quantitative estimate of drug-likeness (QED) is 0.696. The van der Waals surface area contributed by atoms with Crippen molar-refractivity contribution in [2.24, 2.45) is 0 Å². The van der Waals surface area contributed by atoms with Crippen molar-refractivity contribution in [3.63, 3.8) is 0 Å². The van der Waals surface area contributed by atoms with Crippen LogP contribution in [-0.4, -0.2) is 5.91 Å². The number of nitrogens with one attached hydrogen (secondary N) is 1. The minimum atomic E-state index is -0.349. The average molecular weight is 301 g/mol. The van der Waals surface area contributed by atoms with Gasteiger partial charge in [0, 0.05) is 10.4 Å². The number of nitrogen functional groups attached to an aromatic ring is 1. The lowest BCUT2D eigenvalue weighted by Gasteiger charge is -2.06. The number of benzene rings is 2. The predicted octanol–water partition coefficient (Wildman–Crippen LogP) is 4.23. The van der Waals surface area contributed by atoms with Gasteiger partial charge in [-0.05, 0) is 43.3 Å². The number of fused-ring (bicyclic) bond motifs is 1. The van der Waals surface area contributed by atoms with Crippen LogP contribution in [0.5, 0.6) is 0 Å². The lowest BCUT2D eigenvalue weighted by molar-refractivity contribution is 0.0999. The largest absolute Gasteiger partial charge is 0.451 e. The highest BCUT2D eigenvalue weighted by molar-refractivity contribution is 6.31. The fourth-order valence-corrected chi connectivity index (χ4v) is 2.29. The monoisotopic (exact) mass is 300 g/mol. The topological polar surface area (TPSA) is 68.3 Å². The van der Waals surface area contributed by atoms with Crippen LogP contribution in [0, 0.1) is 6.92 Å². The van der Waals surface area contributed by atoms with Crippen LogP contribution in [0.15, 0.2) is 46.9 Å². The summed E-state index contributed by atoms with van der Waals surface area (Å²) in [4.78, 5) is 12.2. The molecule has 1 amide bonds. The number of rotatable bonds is 2. The van der Waals surface area contributed by atoms with Crippen LogP contribution in [0.1, 0.15) is 16.1 Å². The fraction of sp³-hybridized carbons (Fsp3) is 0.0625. The van der Waals surface area contributed by atoms with E-state index in [9.17, 15) is 4.79 Å². The number of anilines is 2. The van der Waals surface area contributed by atoms with E-state index in [0.29, 0.717) is 22.0 Å². The standard InChI is InChI=1S/C16H13ClN2O2/c1-9-2-5-14-10(6-9)7-15(21-14)16(20)19-13-4-3-11(17)8-12(13)18/h2-8H,18H2,1H3,(H,19,20). The van der Waals surface area contributed by atoms with Crippen molar-refractivity contribution < 1.29 is 9.21 Å². The molecule has 3 rings (SSSR count). The summed E-state index contributed by atoms with van der Waals surface area (Å²) in [5.74, 6) is -0.108. The Kier molecular flexibility index (Phi) is 3.31. The van der Waals surface area contributed by atoms with Crippen LogP contribution in [0.2, 0.25) is 5.02 Å². The third kappa shape index (κ3) is 2.71. The third-order valence-corrected chi connectivity index (χ3v) is 3.39. The second-order valence-corrected chi connectivity index (χ2v) is 5.27. The Morgan fingerprint density at radius 1 is 1.19 bits per heavy atom. The van der Waals surface area contributed by atoms with Gasteiger partial charge in [-0.15, -0.1) is 0 Å². The molecule has 5 heteroatoms. The summed E-state index contributed by atoms with van der Waals surface area (Å²) >= 11 is 5.83. The molecule has 0 unspecified atom stereocenters. The van der Waals surface area contributed by atoms with Gasteiger partial charge < -0.3 is 15.5 Å². The molecular formula is C16H13ClN2O2. The number of hydrogen-bond donors (Lipinski definition) is 2. The maximum Gasteiger partial charge on any atom is 0.291 e. The highest BCUT2D eigenvalue weighted by Crippen LogP contribution is 2.25. The number of carbonyl (C=O) groups excluding carboxylic acids is 1. The Balaban J connectivity index is 1.89. The summed E-state index contributed by atoms with van der Waals surface area (Å²) in [6.45, 7) is 1.99. The number of carbonyl (C=O) groups is 1. The lowest BCUT2D eigenvalue weighted by atomic mass is 10.2. The predicted molar refractivity (Wildman–Crippen MR) is 84.8 cm³/mol. The van der Waals surface area contributed by atoms with E-state index in [2.05, 4.69) is 5.32 Å². The summed E-state index contributed by atoms with van der Waals surface area (Å²) in [7, 11) is 0. The molecule has 0 atom stereocenters. The van der Waals surface area contributed by atoms with E-state index in [1.165, 1.54) is 0 Å². The van der Waals surface area contributed by atoms with E-state index in [1.54, 1.807) is 24.3 Å². The lowest BCUT2D eigenvalue weighted by Crippen LogP contribution is -2.12. The Morgan fingerprint density at radius 2 is 2.00 bits per heavy atom. The van der Waals surface area contributed by atoms with E-state index in [-0.39, 0.29) is 11.7 Å². The van der Waals surface area contributed by atoms with Crippen molar-refractivity contribution in [3.05, 3.63) is 58.8 Å². The normalized spacial score (nSPS) is 10.8. The molecule has 1 aromatic heterocycles. The Bertz CT molecular complexity index is 839. The zero-order chi connectivity index (χ0) is 15.0. The minimum absolute atomic E-state index is 0.241. The van der Waals surface area contributed by atoms with Crippen LogP contribution in [0.4, 0.5) is 11.4 Å². The van der Waals surface area contributed by atoms with Crippen molar-refractivity contribution in [1.29, 1.82) is 0 Å². The van der Waals surface area contributed by atoms with E-state index in [4.69, 9.17) is 21.8 Å². The first-order chi connectivity index (χ1) is 10.0. The smallest absolute Gasteiger partial charge is 0.291 e. The van der Waals surface area contributed by atoms with Gasteiger partial charge in [0.2, 0.25) is 0 Å². The molecule has 0 aliphatic rings. The highest BCUT2D eigenvalue weighted by atomic mass is 35.5. The molecule has 106 valence electrons. The zero-order valence-electron chi connectivity index (χ0n) is 11.3. The van der Waals surface area contributed by atoms with Crippen molar-refractivity contribution in [3.8, 4) is 0 Å². The second kappa shape index (κ2) is 5.14. The SMILES string of the molecule is Cc1ccc2oc(C(=O)Nc3ccc(Cl)cc3N)cc2c1. The van der Waals surface area contributed by atoms with E-state index in [0.717, 1.165) is 10.9 Å². The number of furan rings is 1. The summed E-state index contributed by atoms with van der Waals surface area (Å²) < 4.78 is 5.54. The summed E-state index contributed by atoms with van der Waals surface area (Å²) in [5.41, 5.74) is 8.50. The molecule has 0 radical (unpaired) electrons. The molecule has 21 heavy (non-hydrogen) atoms. The molecule has 0 fully saturated rings. The molecule has 0 aliphatic heterocycles. The summed E-state index contributed by atoms with van der Waals surface area (Å²) in [6.07, 6.45) is 0. The number of aryl methyl sites for hydroxylation is 1. The number of halogens is 1. The van der Waals surface area contributed by atoms with Crippen molar-refractivity contribution in [1.82, 2.24) is 0 Å². The molecule has 0 spiro atoms. The summed E-state index contributed by atoms with van der Waals surface area (Å²) in [5, 5.41) is 4.12. The van der Waals surface area contributed by atoms with Gasteiger partial charge in [0.05, 0.1) is 11.4 Å². The molecular weight excluding hydrogens is 288 g/mol. The zero-order valence-corrected chi connectivity index (χ0v) is 12.1. The molecule has 3 aromatic rings. The van der Waals surface area contributed by atoms with Gasteiger partial charge in [0.25, 0.3) is 5.91 Å². The first-order valence-electron chi connectivity index (χ1n) is 6.39. The maximum atomic E-state index is 12.2. The number of nitrogens with two attached hydrogens (primary N) is 1. The van der Waals surface area contributed by atoms with Crippen LogP contribution in [0.25, 0.3) is 11.0 Å². The summed E-state index contributed by atoms with van der Waals surface area (Å²) in [6, 6.07) is 12.4. The van der Waals surface area contributed by atoms with Gasteiger partial charge in [-0.3, -0.25) is 4.79 Å². The Hall–Kier alpha value is -2.46. The maximum absolute atomic E-state index is 12.2. The number of hydrogen-bond acceptors (Lipinski definition) is 3. The van der Waals surface area contributed by atoms with Crippen LogP contribution in [-0.2, 0) is 0 Å². The average Bonchev–Trinajstić information content (AvgIpc) is 2.85. The van der Waals surface area contributed by atoms with Gasteiger partial charge in [-0.1, -0.05) is 23.2 Å². The van der Waals surface area contributed by atoms with E-state index >= 15 is 0 Å². The molecule has 2 aromatic carbocycles. The third-order valence-electron chi connectivity index (χ3n) is 3.16. The van der Waals surface area contributed by atoms with Gasteiger partial charge in [-0.25, -0.2) is 0 Å². The molecule has 0 aliphatic carbocycles. The number of amides is 1. The first kappa shape index (κ1) is 13.5. The van der Waals surface area contributed by atoms with Gasteiger partial charge in [0.1, 0.15) is 5.58 Å². The van der Waals surface area contributed by atoms with Crippen molar-refractivity contribution >= 4 is 39.9 Å². The molecule has 0 saturated heterocycles. The van der Waals surface area contributed by atoms with Gasteiger partial charge in [-0.2, -0.15) is 0 Å². The first-order valence-corrected chi connectivity index (χ1v) is 6.77. The van der Waals surface area contributed by atoms with Gasteiger partial charge >= 0.3 is 0 Å². The Morgan fingerprint density at radius 3 is 2.76 bits per heavy atom. The molecule has 1 heterocycles.